The number of hydrogen-bond acceptors (Lipinski definition) is 4. The zero-order valence-corrected chi connectivity index (χ0v) is 11.3. The Morgan fingerprint density at radius 3 is 3.11 bits per heavy atom. The summed E-state index contributed by atoms with van der Waals surface area (Å²) in [6.45, 7) is 4.26. The van der Waals surface area contributed by atoms with Crippen molar-refractivity contribution in [1.29, 1.82) is 0 Å². The third kappa shape index (κ3) is 3.24. The molecule has 1 unspecified atom stereocenters. The van der Waals surface area contributed by atoms with Gasteiger partial charge in [-0.05, 0) is 26.1 Å². The highest BCUT2D eigenvalue weighted by Crippen LogP contribution is 2.21. The average Bonchev–Trinajstić information content (AvgIpc) is 2.41. The third-order valence-corrected chi connectivity index (χ3v) is 3.24. The van der Waals surface area contributed by atoms with Gasteiger partial charge in [0.2, 0.25) is 0 Å². The Hall–Kier alpha value is -1.59. The van der Waals surface area contributed by atoms with Crippen molar-refractivity contribution < 1.29 is 14.6 Å². The van der Waals surface area contributed by atoms with Crippen LogP contribution in [0.4, 0.5) is 0 Å². The maximum atomic E-state index is 12.4. The van der Waals surface area contributed by atoms with E-state index in [2.05, 4.69) is 5.32 Å². The van der Waals surface area contributed by atoms with Crippen LogP contribution in [0.15, 0.2) is 18.2 Å². The van der Waals surface area contributed by atoms with E-state index in [1.807, 2.05) is 14.0 Å². The Balaban J connectivity index is 2.12. The van der Waals surface area contributed by atoms with E-state index < -0.39 is 0 Å². The number of morpholine rings is 1. The zero-order chi connectivity index (χ0) is 13.8. The van der Waals surface area contributed by atoms with Crippen LogP contribution in [0.1, 0.15) is 15.9 Å². The van der Waals surface area contributed by atoms with E-state index in [0.717, 1.165) is 5.56 Å². The number of phenolic OH excluding ortho intramolecular Hbond substituents is 1. The van der Waals surface area contributed by atoms with Gasteiger partial charge in [-0.15, -0.1) is 0 Å². The normalized spacial score (nSPS) is 19.5. The van der Waals surface area contributed by atoms with Gasteiger partial charge in [-0.25, -0.2) is 0 Å². The molecular weight excluding hydrogens is 244 g/mol. The molecule has 1 aliphatic rings. The van der Waals surface area contributed by atoms with Crippen LogP contribution < -0.4 is 5.32 Å². The molecule has 1 atom stereocenters. The number of nitrogens with one attached hydrogen (secondary N) is 1. The largest absolute Gasteiger partial charge is 0.507 e. The summed E-state index contributed by atoms with van der Waals surface area (Å²) in [5.41, 5.74) is 1.33. The van der Waals surface area contributed by atoms with Gasteiger partial charge in [-0.3, -0.25) is 4.79 Å². The van der Waals surface area contributed by atoms with Crippen LogP contribution in [0.25, 0.3) is 0 Å². The lowest BCUT2D eigenvalue weighted by atomic mass is 10.1. The van der Waals surface area contributed by atoms with Gasteiger partial charge in [0.05, 0.1) is 18.3 Å². The number of aryl methyl sites for hydroxylation is 1. The van der Waals surface area contributed by atoms with Crippen LogP contribution in [0, 0.1) is 6.92 Å². The van der Waals surface area contributed by atoms with Gasteiger partial charge in [-0.1, -0.05) is 11.6 Å². The summed E-state index contributed by atoms with van der Waals surface area (Å²) in [6.07, 6.45) is 0.00894. The number of carbonyl (C=O) groups excluding carboxylic acids is 1. The molecule has 1 saturated heterocycles. The van der Waals surface area contributed by atoms with Crippen molar-refractivity contribution in [3.05, 3.63) is 29.3 Å². The van der Waals surface area contributed by atoms with Gasteiger partial charge in [0.15, 0.2) is 0 Å². The highest BCUT2D eigenvalue weighted by molar-refractivity contribution is 5.97. The number of ether oxygens (including phenoxy) is 1. The van der Waals surface area contributed by atoms with Crippen molar-refractivity contribution in [1.82, 2.24) is 10.2 Å². The van der Waals surface area contributed by atoms with Gasteiger partial charge in [0.1, 0.15) is 5.75 Å². The molecule has 5 nitrogen and oxygen atoms in total. The number of rotatable bonds is 3. The second-order valence-electron chi connectivity index (χ2n) is 4.82. The summed E-state index contributed by atoms with van der Waals surface area (Å²) in [7, 11) is 1.86. The van der Waals surface area contributed by atoms with E-state index in [4.69, 9.17) is 4.74 Å². The molecule has 1 heterocycles. The second-order valence-corrected chi connectivity index (χ2v) is 4.82. The molecule has 0 radical (unpaired) electrons. The molecule has 19 heavy (non-hydrogen) atoms. The molecule has 0 spiro atoms. The minimum Gasteiger partial charge on any atom is -0.507 e. The lowest BCUT2D eigenvalue weighted by Crippen LogP contribution is -2.48. The average molecular weight is 264 g/mol. The Labute approximate surface area is 113 Å². The molecule has 0 aliphatic carbocycles. The molecule has 1 fully saturated rings. The predicted molar refractivity (Wildman–Crippen MR) is 72.4 cm³/mol. The summed E-state index contributed by atoms with van der Waals surface area (Å²) in [6, 6.07) is 5.07. The molecule has 0 bridgehead atoms. The van der Waals surface area contributed by atoms with Crippen LogP contribution in [0.5, 0.6) is 5.75 Å². The molecule has 0 aromatic heterocycles. The number of phenols is 1. The first-order valence-corrected chi connectivity index (χ1v) is 6.47. The van der Waals surface area contributed by atoms with Crippen molar-refractivity contribution in [2.75, 3.05) is 33.3 Å². The highest BCUT2D eigenvalue weighted by Gasteiger charge is 2.26. The van der Waals surface area contributed by atoms with E-state index in [0.29, 0.717) is 31.8 Å². The number of amides is 1. The summed E-state index contributed by atoms with van der Waals surface area (Å²) in [4.78, 5) is 14.1. The van der Waals surface area contributed by atoms with Gasteiger partial charge < -0.3 is 20.1 Å². The Bertz CT molecular complexity index is 460. The molecule has 2 rings (SSSR count). The van der Waals surface area contributed by atoms with Crippen LogP contribution in [0.2, 0.25) is 0 Å². The molecule has 2 N–H and O–H groups in total. The molecule has 1 aliphatic heterocycles. The summed E-state index contributed by atoms with van der Waals surface area (Å²) < 4.78 is 5.57. The SMILES string of the molecule is CNCC1CN(C(=O)c2cc(C)ccc2O)CCO1. The minimum absolute atomic E-state index is 0.00894. The maximum Gasteiger partial charge on any atom is 0.257 e. The fourth-order valence-corrected chi connectivity index (χ4v) is 2.25. The minimum atomic E-state index is -0.134. The summed E-state index contributed by atoms with van der Waals surface area (Å²) >= 11 is 0. The predicted octanol–water partition coefficient (Wildman–Crippen LogP) is 0.761. The zero-order valence-electron chi connectivity index (χ0n) is 11.3. The van der Waals surface area contributed by atoms with Crippen molar-refractivity contribution >= 4 is 5.91 Å². The Morgan fingerprint density at radius 2 is 2.37 bits per heavy atom. The molecule has 0 saturated carbocycles. The Kier molecular flexibility index (Phi) is 4.39. The van der Waals surface area contributed by atoms with Gasteiger partial charge in [0, 0.05) is 19.6 Å². The number of nitrogens with zero attached hydrogens (tertiary/aromatic N) is 1. The van der Waals surface area contributed by atoms with E-state index in [-0.39, 0.29) is 17.8 Å². The number of carbonyl (C=O) groups is 1. The van der Waals surface area contributed by atoms with Crippen molar-refractivity contribution in [3.8, 4) is 5.75 Å². The number of benzene rings is 1. The van der Waals surface area contributed by atoms with E-state index in [9.17, 15) is 9.90 Å². The first kappa shape index (κ1) is 13.8. The van der Waals surface area contributed by atoms with Gasteiger partial charge in [0.25, 0.3) is 5.91 Å². The fourth-order valence-electron chi connectivity index (χ4n) is 2.25. The van der Waals surface area contributed by atoms with Crippen LogP contribution in [-0.4, -0.2) is 55.3 Å². The first-order valence-electron chi connectivity index (χ1n) is 6.47. The molecule has 1 aromatic carbocycles. The molecule has 104 valence electrons. The quantitative estimate of drug-likeness (QED) is 0.846. The Morgan fingerprint density at radius 1 is 1.58 bits per heavy atom. The number of aromatic hydroxyl groups is 1. The molecule has 1 aromatic rings. The smallest absolute Gasteiger partial charge is 0.257 e. The third-order valence-electron chi connectivity index (χ3n) is 3.24. The number of hydrogen-bond donors (Lipinski definition) is 2. The van der Waals surface area contributed by atoms with Crippen molar-refractivity contribution in [2.45, 2.75) is 13.0 Å². The standard InChI is InChI=1S/C14H20N2O3/c1-10-3-4-13(17)12(7-10)14(18)16-5-6-19-11(9-16)8-15-2/h3-4,7,11,15,17H,5-6,8-9H2,1-2H3. The van der Waals surface area contributed by atoms with Crippen LogP contribution in [0.3, 0.4) is 0 Å². The fraction of sp³-hybridized carbons (Fsp3) is 0.500. The molecular formula is C14H20N2O3. The maximum absolute atomic E-state index is 12.4. The summed E-state index contributed by atoms with van der Waals surface area (Å²) in [5.74, 6) is -0.0992. The van der Waals surface area contributed by atoms with E-state index in [1.165, 1.54) is 0 Å². The van der Waals surface area contributed by atoms with E-state index >= 15 is 0 Å². The first-order chi connectivity index (χ1) is 9.11. The topological polar surface area (TPSA) is 61.8 Å². The lowest BCUT2D eigenvalue weighted by molar-refractivity contribution is -0.0197. The molecule has 5 heteroatoms. The van der Waals surface area contributed by atoms with E-state index in [1.54, 1.807) is 23.1 Å². The van der Waals surface area contributed by atoms with Crippen molar-refractivity contribution in [2.24, 2.45) is 0 Å². The second kappa shape index (κ2) is 6.04. The summed E-state index contributed by atoms with van der Waals surface area (Å²) in [5, 5.41) is 12.9. The van der Waals surface area contributed by atoms with Crippen molar-refractivity contribution in [3.63, 3.8) is 0 Å². The number of likely N-dealkylation sites (N-methyl/N-ethyl adjacent to an activating group) is 1. The van der Waals surface area contributed by atoms with Crippen LogP contribution >= 0.6 is 0 Å². The monoisotopic (exact) mass is 264 g/mol. The van der Waals surface area contributed by atoms with Crippen LogP contribution in [-0.2, 0) is 4.74 Å². The lowest BCUT2D eigenvalue weighted by Gasteiger charge is -2.33. The highest BCUT2D eigenvalue weighted by atomic mass is 16.5. The van der Waals surface area contributed by atoms with Gasteiger partial charge in [-0.2, -0.15) is 0 Å². The van der Waals surface area contributed by atoms with Gasteiger partial charge >= 0.3 is 0 Å². The molecule has 1 amide bonds.